The number of anilines is 1. The van der Waals surface area contributed by atoms with Crippen molar-refractivity contribution in [3.8, 4) is 0 Å². The molecule has 0 saturated carbocycles. The molecule has 2 heterocycles. The van der Waals surface area contributed by atoms with Gasteiger partial charge in [0.2, 0.25) is 10.0 Å². The lowest BCUT2D eigenvalue weighted by Crippen LogP contribution is -2.35. The van der Waals surface area contributed by atoms with Crippen LogP contribution in [-0.4, -0.2) is 44.7 Å². The van der Waals surface area contributed by atoms with E-state index in [2.05, 4.69) is 17.6 Å². The van der Waals surface area contributed by atoms with Crippen molar-refractivity contribution in [1.82, 2.24) is 9.62 Å². The minimum absolute atomic E-state index is 0.197. The Morgan fingerprint density at radius 3 is 2.41 bits per heavy atom. The molecule has 4 rings (SSSR count). The van der Waals surface area contributed by atoms with Crippen LogP contribution >= 0.6 is 11.3 Å². The summed E-state index contributed by atoms with van der Waals surface area (Å²) in [5.74, 6) is -0.00400. The highest BCUT2D eigenvalue weighted by molar-refractivity contribution is 7.89. The molecular formula is C23H29N3O4S2. The van der Waals surface area contributed by atoms with Crippen LogP contribution < -0.4 is 10.6 Å². The Kier molecular flexibility index (Phi) is 6.69. The quantitative estimate of drug-likeness (QED) is 0.690. The van der Waals surface area contributed by atoms with Crippen LogP contribution in [0.2, 0.25) is 0 Å². The second-order valence-electron chi connectivity index (χ2n) is 8.58. The van der Waals surface area contributed by atoms with Crippen LogP contribution in [0.1, 0.15) is 63.8 Å². The summed E-state index contributed by atoms with van der Waals surface area (Å²) in [6.45, 7) is 3.27. The van der Waals surface area contributed by atoms with Gasteiger partial charge in [0.25, 0.3) is 11.8 Å². The number of hydrogen-bond acceptors (Lipinski definition) is 5. The number of rotatable bonds is 5. The van der Waals surface area contributed by atoms with Gasteiger partial charge in [-0.05, 0) is 67.9 Å². The summed E-state index contributed by atoms with van der Waals surface area (Å²) >= 11 is 1.46. The molecule has 2 amide bonds. The molecule has 32 heavy (non-hydrogen) atoms. The number of piperidine rings is 1. The number of thiophene rings is 1. The Bertz CT molecular complexity index is 1120. The Morgan fingerprint density at radius 1 is 1.06 bits per heavy atom. The predicted octanol–water partition coefficient (Wildman–Crippen LogP) is 3.66. The third-order valence-electron chi connectivity index (χ3n) is 6.26. The molecule has 2 aliphatic rings. The largest absolute Gasteiger partial charge is 0.355 e. The van der Waals surface area contributed by atoms with Gasteiger partial charge >= 0.3 is 0 Å². The Labute approximate surface area is 193 Å². The van der Waals surface area contributed by atoms with Crippen LogP contribution in [0.5, 0.6) is 0 Å². The van der Waals surface area contributed by atoms with Gasteiger partial charge in [0.15, 0.2) is 0 Å². The topological polar surface area (TPSA) is 95.6 Å². The summed E-state index contributed by atoms with van der Waals surface area (Å²) in [6.07, 6.45) is 5.55. The zero-order chi connectivity index (χ0) is 22.9. The highest BCUT2D eigenvalue weighted by atomic mass is 32.2. The molecule has 1 aliphatic carbocycles. The Hall–Kier alpha value is -2.23. The van der Waals surface area contributed by atoms with E-state index < -0.39 is 10.0 Å². The van der Waals surface area contributed by atoms with E-state index in [1.807, 2.05) is 0 Å². The van der Waals surface area contributed by atoms with Crippen molar-refractivity contribution in [3.05, 3.63) is 45.8 Å². The molecule has 0 bridgehead atoms. The fourth-order valence-corrected chi connectivity index (χ4v) is 7.33. The number of fused-ring (bicyclic) bond motifs is 1. The van der Waals surface area contributed by atoms with Gasteiger partial charge in [-0.1, -0.05) is 13.3 Å². The average Bonchev–Trinajstić information content (AvgIpc) is 3.15. The average molecular weight is 476 g/mol. The Balaban J connectivity index is 1.55. The molecule has 1 atom stereocenters. The van der Waals surface area contributed by atoms with E-state index in [4.69, 9.17) is 0 Å². The van der Waals surface area contributed by atoms with Crippen molar-refractivity contribution in [3.63, 3.8) is 0 Å². The maximum absolute atomic E-state index is 12.9. The lowest BCUT2D eigenvalue weighted by atomic mass is 9.88. The molecule has 2 N–H and O–H groups in total. The van der Waals surface area contributed by atoms with Gasteiger partial charge in [0, 0.05) is 30.6 Å². The lowest BCUT2D eigenvalue weighted by molar-refractivity contribution is 0.0963. The molecule has 1 fully saturated rings. The molecule has 1 aliphatic heterocycles. The molecule has 1 saturated heterocycles. The molecule has 0 unspecified atom stereocenters. The molecule has 2 aromatic rings. The van der Waals surface area contributed by atoms with Crippen LogP contribution in [0.25, 0.3) is 0 Å². The van der Waals surface area contributed by atoms with Crippen LogP contribution in [-0.2, 0) is 22.9 Å². The lowest BCUT2D eigenvalue weighted by Gasteiger charge is -2.25. The van der Waals surface area contributed by atoms with Gasteiger partial charge in [-0.15, -0.1) is 11.3 Å². The van der Waals surface area contributed by atoms with Crippen molar-refractivity contribution in [2.75, 3.05) is 25.5 Å². The van der Waals surface area contributed by atoms with E-state index in [0.29, 0.717) is 35.1 Å². The highest BCUT2D eigenvalue weighted by Crippen LogP contribution is 2.39. The van der Waals surface area contributed by atoms with Crippen LogP contribution in [0.15, 0.2) is 29.2 Å². The summed E-state index contributed by atoms with van der Waals surface area (Å²) in [4.78, 5) is 26.8. The van der Waals surface area contributed by atoms with Crippen LogP contribution in [0.3, 0.4) is 0 Å². The first-order chi connectivity index (χ1) is 15.3. The van der Waals surface area contributed by atoms with Crippen molar-refractivity contribution in [2.45, 2.75) is 50.3 Å². The summed E-state index contributed by atoms with van der Waals surface area (Å²) in [6, 6.07) is 6.03. The van der Waals surface area contributed by atoms with Gasteiger partial charge < -0.3 is 10.6 Å². The fourth-order valence-electron chi connectivity index (χ4n) is 4.41. The molecule has 1 aromatic carbocycles. The van der Waals surface area contributed by atoms with Crippen LogP contribution in [0, 0.1) is 5.92 Å². The van der Waals surface area contributed by atoms with Crippen molar-refractivity contribution >= 4 is 38.2 Å². The number of carbonyl (C=O) groups excluding carboxylic acids is 2. The maximum Gasteiger partial charge on any atom is 0.256 e. The smallest absolute Gasteiger partial charge is 0.256 e. The number of nitrogens with zero attached hydrogens (tertiary/aromatic N) is 1. The van der Waals surface area contributed by atoms with E-state index in [1.54, 1.807) is 7.05 Å². The normalized spacial score (nSPS) is 19.2. The minimum atomic E-state index is -3.54. The van der Waals surface area contributed by atoms with Gasteiger partial charge in [-0.25, -0.2) is 8.42 Å². The molecule has 7 nitrogen and oxygen atoms in total. The molecule has 0 radical (unpaired) electrons. The second-order valence-corrected chi connectivity index (χ2v) is 11.6. The summed E-state index contributed by atoms with van der Waals surface area (Å²) < 4.78 is 27.2. The summed E-state index contributed by atoms with van der Waals surface area (Å²) in [5.41, 5.74) is 1.94. The standard InChI is InChI=1S/C23H29N3O4S2/c1-15-6-11-18-19(14-15)31-23(20(18)22(28)24-2)25-21(27)16-7-9-17(10-8-16)32(29,30)26-12-4-3-5-13-26/h7-10,15H,3-6,11-14H2,1-2H3,(H,24,28)(H,25,27)/t15-/m0/s1. The number of sulfonamides is 1. The minimum Gasteiger partial charge on any atom is -0.355 e. The first-order valence-electron chi connectivity index (χ1n) is 11.1. The monoisotopic (exact) mass is 475 g/mol. The highest BCUT2D eigenvalue weighted by Gasteiger charge is 2.29. The SMILES string of the molecule is CNC(=O)c1c(NC(=O)c2ccc(S(=O)(=O)N3CCCCC3)cc2)sc2c1CC[C@H](C)C2. The Morgan fingerprint density at radius 2 is 1.75 bits per heavy atom. The third-order valence-corrected chi connectivity index (χ3v) is 9.34. The molecule has 0 spiro atoms. The number of amides is 2. The van der Waals surface area contributed by atoms with E-state index in [0.717, 1.165) is 49.0 Å². The molecule has 9 heteroatoms. The molecule has 1 aromatic heterocycles. The zero-order valence-electron chi connectivity index (χ0n) is 18.4. The number of nitrogens with one attached hydrogen (secondary N) is 2. The molecule has 172 valence electrons. The van der Waals surface area contributed by atoms with Gasteiger partial charge in [0.1, 0.15) is 5.00 Å². The van der Waals surface area contributed by atoms with Crippen molar-refractivity contribution in [2.24, 2.45) is 5.92 Å². The van der Waals surface area contributed by atoms with E-state index in [9.17, 15) is 18.0 Å². The van der Waals surface area contributed by atoms with Crippen LogP contribution in [0.4, 0.5) is 5.00 Å². The van der Waals surface area contributed by atoms with Crippen molar-refractivity contribution in [1.29, 1.82) is 0 Å². The zero-order valence-corrected chi connectivity index (χ0v) is 20.1. The van der Waals surface area contributed by atoms with Gasteiger partial charge in [-0.2, -0.15) is 4.31 Å². The van der Waals surface area contributed by atoms with Gasteiger partial charge in [-0.3, -0.25) is 9.59 Å². The fraction of sp³-hybridized carbons (Fsp3) is 0.478. The first-order valence-corrected chi connectivity index (χ1v) is 13.3. The summed E-state index contributed by atoms with van der Waals surface area (Å²) in [7, 11) is -1.95. The predicted molar refractivity (Wildman–Crippen MR) is 126 cm³/mol. The second kappa shape index (κ2) is 9.33. The molecular weight excluding hydrogens is 446 g/mol. The van der Waals surface area contributed by atoms with Crippen molar-refractivity contribution < 1.29 is 18.0 Å². The van der Waals surface area contributed by atoms with Gasteiger partial charge in [0.05, 0.1) is 10.5 Å². The first kappa shape index (κ1) is 22.9. The summed E-state index contributed by atoms with van der Waals surface area (Å²) in [5, 5.41) is 6.13. The van der Waals surface area contributed by atoms with E-state index in [-0.39, 0.29) is 16.7 Å². The number of carbonyl (C=O) groups is 2. The van der Waals surface area contributed by atoms with E-state index in [1.165, 1.54) is 39.9 Å². The number of benzene rings is 1. The maximum atomic E-state index is 12.9. The van der Waals surface area contributed by atoms with E-state index >= 15 is 0 Å². The third kappa shape index (κ3) is 4.46. The number of hydrogen-bond donors (Lipinski definition) is 2.